The lowest BCUT2D eigenvalue weighted by Crippen LogP contribution is -2.14. The average molecular weight is 210 g/mol. The summed E-state index contributed by atoms with van der Waals surface area (Å²) in [5.41, 5.74) is 2.40. The SMILES string of the molecule is CC1(C)C=CC2=Cc3ccccc3OC2=C1. The van der Waals surface area contributed by atoms with E-state index in [1.165, 1.54) is 0 Å². The summed E-state index contributed by atoms with van der Waals surface area (Å²) in [5.74, 6) is 1.93. The molecule has 3 rings (SSSR count). The van der Waals surface area contributed by atoms with Crippen molar-refractivity contribution < 1.29 is 4.74 Å². The molecule has 1 aliphatic carbocycles. The van der Waals surface area contributed by atoms with Crippen LogP contribution in [0.2, 0.25) is 0 Å². The van der Waals surface area contributed by atoms with E-state index in [1.807, 2.05) is 18.2 Å². The molecule has 1 nitrogen and oxygen atoms in total. The summed E-state index contributed by atoms with van der Waals surface area (Å²) in [6.45, 7) is 4.36. The molecule has 0 spiro atoms. The number of hydrogen-bond acceptors (Lipinski definition) is 1. The van der Waals surface area contributed by atoms with Crippen LogP contribution < -0.4 is 4.74 Å². The highest BCUT2D eigenvalue weighted by molar-refractivity contribution is 5.70. The van der Waals surface area contributed by atoms with E-state index >= 15 is 0 Å². The van der Waals surface area contributed by atoms with Crippen LogP contribution in [0.1, 0.15) is 19.4 Å². The third-order valence-corrected chi connectivity index (χ3v) is 2.93. The fourth-order valence-electron chi connectivity index (χ4n) is 2.04. The first-order valence-electron chi connectivity index (χ1n) is 5.55. The van der Waals surface area contributed by atoms with E-state index in [0.717, 1.165) is 22.6 Å². The molecule has 0 saturated heterocycles. The first-order chi connectivity index (χ1) is 7.64. The van der Waals surface area contributed by atoms with Crippen molar-refractivity contribution in [2.45, 2.75) is 13.8 Å². The Labute approximate surface area is 95.7 Å². The maximum Gasteiger partial charge on any atom is 0.134 e. The van der Waals surface area contributed by atoms with Gasteiger partial charge < -0.3 is 4.74 Å². The van der Waals surface area contributed by atoms with Crippen LogP contribution in [0.15, 0.2) is 53.8 Å². The molecule has 0 saturated carbocycles. The van der Waals surface area contributed by atoms with Crippen LogP contribution in [0.25, 0.3) is 6.08 Å². The fraction of sp³-hybridized carbons (Fsp3) is 0.200. The van der Waals surface area contributed by atoms with Gasteiger partial charge in [0.15, 0.2) is 0 Å². The Balaban J connectivity index is 2.12. The highest BCUT2D eigenvalue weighted by Crippen LogP contribution is 2.37. The molecule has 80 valence electrons. The van der Waals surface area contributed by atoms with Crippen LogP contribution in [0.3, 0.4) is 0 Å². The van der Waals surface area contributed by atoms with Crippen molar-refractivity contribution in [2.24, 2.45) is 5.41 Å². The number of allylic oxidation sites excluding steroid dienone is 3. The molecular weight excluding hydrogens is 196 g/mol. The lowest BCUT2D eigenvalue weighted by atomic mass is 9.85. The third-order valence-electron chi connectivity index (χ3n) is 2.93. The molecule has 16 heavy (non-hydrogen) atoms. The van der Waals surface area contributed by atoms with Crippen molar-refractivity contribution in [1.29, 1.82) is 0 Å². The molecule has 0 bridgehead atoms. The number of para-hydroxylation sites is 1. The summed E-state index contributed by atoms with van der Waals surface area (Å²) in [6.07, 6.45) is 8.70. The molecule has 0 atom stereocenters. The maximum atomic E-state index is 5.91. The summed E-state index contributed by atoms with van der Waals surface area (Å²) in [4.78, 5) is 0. The molecule has 1 aliphatic heterocycles. The highest BCUT2D eigenvalue weighted by Gasteiger charge is 2.23. The Morgan fingerprint density at radius 3 is 2.81 bits per heavy atom. The zero-order valence-electron chi connectivity index (χ0n) is 9.53. The second-order valence-corrected chi connectivity index (χ2v) is 4.90. The van der Waals surface area contributed by atoms with Crippen molar-refractivity contribution in [3.8, 4) is 5.75 Å². The molecule has 1 heteroatoms. The predicted molar refractivity (Wildman–Crippen MR) is 66.1 cm³/mol. The number of hydrogen-bond donors (Lipinski definition) is 0. The molecule has 0 unspecified atom stereocenters. The van der Waals surface area contributed by atoms with Crippen LogP contribution in [0.4, 0.5) is 0 Å². The molecule has 0 N–H and O–H groups in total. The topological polar surface area (TPSA) is 9.23 Å². The summed E-state index contributed by atoms with van der Waals surface area (Å²) in [5, 5.41) is 0. The maximum absolute atomic E-state index is 5.91. The Bertz CT molecular complexity index is 530. The molecule has 1 aromatic rings. The third kappa shape index (κ3) is 1.49. The van der Waals surface area contributed by atoms with Gasteiger partial charge >= 0.3 is 0 Å². The smallest absolute Gasteiger partial charge is 0.134 e. The van der Waals surface area contributed by atoms with Crippen LogP contribution in [0.5, 0.6) is 5.75 Å². The minimum atomic E-state index is 0.0823. The normalized spacial score (nSPS) is 20.1. The average Bonchev–Trinajstić information content (AvgIpc) is 2.25. The van der Waals surface area contributed by atoms with Crippen molar-refractivity contribution in [3.05, 3.63) is 59.4 Å². The molecule has 2 aliphatic rings. The summed E-state index contributed by atoms with van der Waals surface area (Å²) in [6, 6.07) is 8.12. The van der Waals surface area contributed by atoms with Gasteiger partial charge in [-0.15, -0.1) is 0 Å². The summed E-state index contributed by atoms with van der Waals surface area (Å²) >= 11 is 0. The van der Waals surface area contributed by atoms with Gasteiger partial charge in [-0.1, -0.05) is 44.2 Å². The van der Waals surface area contributed by atoms with Crippen molar-refractivity contribution in [2.75, 3.05) is 0 Å². The van der Waals surface area contributed by atoms with Gasteiger partial charge in [0, 0.05) is 16.6 Å². The van der Waals surface area contributed by atoms with E-state index in [4.69, 9.17) is 4.74 Å². The van der Waals surface area contributed by atoms with Gasteiger partial charge in [-0.2, -0.15) is 0 Å². The largest absolute Gasteiger partial charge is 0.456 e. The van der Waals surface area contributed by atoms with E-state index in [0.29, 0.717) is 0 Å². The van der Waals surface area contributed by atoms with E-state index in [2.05, 4.69) is 44.2 Å². The van der Waals surface area contributed by atoms with Gasteiger partial charge in [0.2, 0.25) is 0 Å². The van der Waals surface area contributed by atoms with Gasteiger partial charge in [-0.3, -0.25) is 0 Å². The Kier molecular flexibility index (Phi) is 1.84. The van der Waals surface area contributed by atoms with Crippen LogP contribution in [0, 0.1) is 5.41 Å². The number of ether oxygens (including phenoxy) is 1. The molecule has 0 fully saturated rings. The second-order valence-electron chi connectivity index (χ2n) is 4.90. The summed E-state index contributed by atoms with van der Waals surface area (Å²) < 4.78 is 5.91. The lowest BCUT2D eigenvalue weighted by Gasteiger charge is -2.26. The van der Waals surface area contributed by atoms with E-state index < -0.39 is 0 Å². The molecule has 0 aromatic heterocycles. The van der Waals surface area contributed by atoms with E-state index in [1.54, 1.807) is 0 Å². The van der Waals surface area contributed by atoms with Crippen LogP contribution in [-0.4, -0.2) is 0 Å². The molecule has 1 heterocycles. The number of benzene rings is 1. The van der Waals surface area contributed by atoms with Crippen molar-refractivity contribution in [1.82, 2.24) is 0 Å². The van der Waals surface area contributed by atoms with Gasteiger partial charge in [-0.05, 0) is 18.2 Å². The second kappa shape index (κ2) is 3.11. The van der Waals surface area contributed by atoms with E-state index in [-0.39, 0.29) is 5.41 Å². The molecule has 0 amide bonds. The zero-order valence-corrected chi connectivity index (χ0v) is 9.53. The van der Waals surface area contributed by atoms with Gasteiger partial charge in [0.25, 0.3) is 0 Å². The Hall–Kier alpha value is -1.76. The Morgan fingerprint density at radius 1 is 1.12 bits per heavy atom. The fourth-order valence-corrected chi connectivity index (χ4v) is 2.04. The zero-order chi connectivity index (χ0) is 11.2. The van der Waals surface area contributed by atoms with Gasteiger partial charge in [0.1, 0.15) is 11.5 Å². The standard InChI is InChI=1S/C15H14O/c1-15(2)8-7-12-9-11-5-3-4-6-13(11)16-14(12)10-15/h3-10H,1-2H3. The van der Waals surface area contributed by atoms with Crippen molar-refractivity contribution in [3.63, 3.8) is 0 Å². The molecule has 1 aromatic carbocycles. The highest BCUT2D eigenvalue weighted by atomic mass is 16.5. The molecule has 0 radical (unpaired) electrons. The quantitative estimate of drug-likeness (QED) is 0.630. The number of rotatable bonds is 0. The lowest BCUT2D eigenvalue weighted by molar-refractivity contribution is 0.416. The number of fused-ring (bicyclic) bond motifs is 2. The minimum absolute atomic E-state index is 0.0823. The van der Waals surface area contributed by atoms with Crippen molar-refractivity contribution >= 4 is 6.08 Å². The van der Waals surface area contributed by atoms with Crippen LogP contribution >= 0.6 is 0 Å². The first kappa shape index (κ1) is 9.46. The Morgan fingerprint density at radius 2 is 1.94 bits per heavy atom. The van der Waals surface area contributed by atoms with E-state index in [9.17, 15) is 0 Å². The predicted octanol–water partition coefficient (Wildman–Crippen LogP) is 3.94. The summed E-state index contributed by atoms with van der Waals surface area (Å²) in [7, 11) is 0. The van der Waals surface area contributed by atoms with Gasteiger partial charge in [-0.25, -0.2) is 0 Å². The first-order valence-corrected chi connectivity index (χ1v) is 5.55. The molecular formula is C15H14O. The minimum Gasteiger partial charge on any atom is -0.456 e. The monoisotopic (exact) mass is 210 g/mol. The van der Waals surface area contributed by atoms with Crippen LogP contribution in [-0.2, 0) is 0 Å². The van der Waals surface area contributed by atoms with Gasteiger partial charge in [0.05, 0.1) is 0 Å².